The van der Waals surface area contributed by atoms with Crippen molar-refractivity contribution >= 4 is 35.0 Å². The molecule has 6 heteroatoms. The summed E-state index contributed by atoms with van der Waals surface area (Å²) in [6.07, 6.45) is -0.801. The molecule has 0 heterocycles. The zero-order valence-electron chi connectivity index (χ0n) is 13.3. The Labute approximate surface area is 151 Å². The molecule has 1 amide bonds. The molecule has 1 N–H and O–H groups in total. The molecule has 0 fully saturated rings. The number of nitrogens with zero attached hydrogens (tertiary/aromatic N) is 1. The van der Waals surface area contributed by atoms with Crippen molar-refractivity contribution < 1.29 is 14.6 Å². The van der Waals surface area contributed by atoms with Gasteiger partial charge in [-0.3, -0.25) is 4.90 Å². The van der Waals surface area contributed by atoms with Crippen molar-refractivity contribution in [2.45, 2.75) is 19.4 Å². The largest absolute Gasteiger partial charge is 0.449 e. The van der Waals surface area contributed by atoms with Gasteiger partial charge in [0.1, 0.15) is 0 Å². The number of halogens is 2. The van der Waals surface area contributed by atoms with Gasteiger partial charge in [0.15, 0.2) is 0 Å². The van der Waals surface area contributed by atoms with E-state index in [0.29, 0.717) is 22.2 Å². The van der Waals surface area contributed by atoms with Crippen LogP contribution in [0.15, 0.2) is 48.5 Å². The minimum atomic E-state index is -0.675. The third-order valence-corrected chi connectivity index (χ3v) is 4.25. The number of carbonyl (C=O) groups is 1. The molecule has 0 aliphatic rings. The predicted molar refractivity (Wildman–Crippen MR) is 96.8 cm³/mol. The van der Waals surface area contributed by atoms with Crippen LogP contribution in [0.2, 0.25) is 10.0 Å². The lowest BCUT2D eigenvalue weighted by Crippen LogP contribution is -2.33. The van der Waals surface area contributed by atoms with E-state index in [1.54, 1.807) is 25.1 Å². The number of rotatable bonds is 6. The Morgan fingerprint density at radius 2 is 1.88 bits per heavy atom. The van der Waals surface area contributed by atoms with Gasteiger partial charge in [-0.2, -0.15) is 0 Å². The van der Waals surface area contributed by atoms with Crippen molar-refractivity contribution in [3.63, 3.8) is 0 Å². The fourth-order valence-corrected chi connectivity index (χ4v) is 2.57. The summed E-state index contributed by atoms with van der Waals surface area (Å²) in [6.45, 7) is 2.29. The van der Waals surface area contributed by atoms with Crippen molar-refractivity contribution in [1.29, 1.82) is 0 Å². The Morgan fingerprint density at radius 3 is 2.50 bits per heavy atom. The van der Waals surface area contributed by atoms with E-state index in [9.17, 15) is 9.90 Å². The molecule has 24 heavy (non-hydrogen) atoms. The van der Waals surface area contributed by atoms with Crippen molar-refractivity contribution in [3.8, 4) is 0 Å². The highest BCUT2D eigenvalue weighted by atomic mass is 35.5. The van der Waals surface area contributed by atoms with Gasteiger partial charge in [-0.15, -0.1) is 0 Å². The van der Waals surface area contributed by atoms with E-state index in [1.165, 1.54) is 4.90 Å². The zero-order chi connectivity index (χ0) is 17.5. The summed E-state index contributed by atoms with van der Waals surface area (Å²) in [5.74, 6) is 0. The highest BCUT2D eigenvalue weighted by molar-refractivity contribution is 6.42. The van der Waals surface area contributed by atoms with Crippen LogP contribution in [-0.2, 0) is 4.74 Å². The summed E-state index contributed by atoms with van der Waals surface area (Å²) in [5, 5.41) is 11.1. The van der Waals surface area contributed by atoms with E-state index < -0.39 is 12.2 Å². The minimum Gasteiger partial charge on any atom is -0.449 e. The van der Waals surface area contributed by atoms with Gasteiger partial charge in [-0.05, 0) is 37.1 Å². The number of benzene rings is 2. The molecule has 2 aromatic rings. The summed E-state index contributed by atoms with van der Waals surface area (Å²) < 4.78 is 5.10. The second-order valence-corrected chi connectivity index (χ2v) is 5.98. The summed E-state index contributed by atoms with van der Waals surface area (Å²) in [6, 6.07) is 14.2. The molecule has 0 aliphatic heterocycles. The maximum absolute atomic E-state index is 12.2. The molecule has 0 radical (unpaired) electrons. The summed E-state index contributed by atoms with van der Waals surface area (Å²) in [5.41, 5.74) is 1.37. The van der Waals surface area contributed by atoms with Crippen LogP contribution in [0, 0.1) is 0 Å². The summed E-state index contributed by atoms with van der Waals surface area (Å²) in [7, 11) is 0. The third-order valence-electron chi connectivity index (χ3n) is 3.51. The first-order valence-electron chi connectivity index (χ1n) is 7.65. The standard InChI is InChI=1S/C18H19Cl2NO3/c1-2-24-18(23)21(14-8-9-15(19)16(20)12-14)11-10-17(22)13-6-4-3-5-7-13/h3-9,12,17,22H,2,10-11H2,1H3. The van der Waals surface area contributed by atoms with Crippen LogP contribution in [0.5, 0.6) is 0 Å². The van der Waals surface area contributed by atoms with Gasteiger partial charge >= 0.3 is 6.09 Å². The Balaban J connectivity index is 2.14. The number of amides is 1. The van der Waals surface area contributed by atoms with Crippen molar-refractivity contribution in [2.24, 2.45) is 0 Å². The monoisotopic (exact) mass is 367 g/mol. The van der Waals surface area contributed by atoms with Gasteiger partial charge in [0.05, 0.1) is 22.8 Å². The van der Waals surface area contributed by atoms with Crippen LogP contribution in [0.3, 0.4) is 0 Å². The zero-order valence-corrected chi connectivity index (χ0v) is 14.8. The molecule has 4 nitrogen and oxygen atoms in total. The Morgan fingerprint density at radius 1 is 1.17 bits per heavy atom. The van der Waals surface area contributed by atoms with E-state index >= 15 is 0 Å². The Hall–Kier alpha value is -1.75. The molecular formula is C18H19Cl2NO3. The first-order valence-corrected chi connectivity index (χ1v) is 8.41. The predicted octanol–water partition coefficient (Wildman–Crippen LogP) is 5.08. The van der Waals surface area contributed by atoms with Gasteiger partial charge in [-0.1, -0.05) is 53.5 Å². The average Bonchev–Trinajstić information content (AvgIpc) is 2.59. The number of anilines is 1. The summed E-state index contributed by atoms with van der Waals surface area (Å²) >= 11 is 12.0. The molecule has 1 atom stereocenters. The van der Waals surface area contributed by atoms with Crippen LogP contribution in [0.4, 0.5) is 10.5 Å². The SMILES string of the molecule is CCOC(=O)N(CCC(O)c1ccccc1)c1ccc(Cl)c(Cl)c1. The van der Waals surface area contributed by atoms with Gasteiger partial charge in [0.25, 0.3) is 0 Å². The summed E-state index contributed by atoms with van der Waals surface area (Å²) in [4.78, 5) is 13.7. The van der Waals surface area contributed by atoms with Gasteiger partial charge in [0.2, 0.25) is 0 Å². The smallest absolute Gasteiger partial charge is 0.414 e. The fraction of sp³-hybridized carbons (Fsp3) is 0.278. The topological polar surface area (TPSA) is 49.8 Å². The average molecular weight is 368 g/mol. The molecule has 128 valence electrons. The molecule has 0 bridgehead atoms. The number of carbonyl (C=O) groups excluding carboxylic acids is 1. The lowest BCUT2D eigenvalue weighted by atomic mass is 10.1. The second-order valence-electron chi connectivity index (χ2n) is 5.16. The maximum atomic E-state index is 12.2. The lowest BCUT2D eigenvalue weighted by molar-refractivity contribution is 0.152. The van der Waals surface area contributed by atoms with Gasteiger partial charge in [-0.25, -0.2) is 4.79 Å². The molecule has 0 saturated heterocycles. The van der Waals surface area contributed by atoms with Crippen LogP contribution in [0.25, 0.3) is 0 Å². The molecule has 1 unspecified atom stereocenters. The van der Waals surface area contributed by atoms with Crippen molar-refractivity contribution in [3.05, 3.63) is 64.1 Å². The number of aliphatic hydroxyl groups excluding tert-OH is 1. The molecule has 0 saturated carbocycles. The third kappa shape index (κ3) is 4.87. The fourth-order valence-electron chi connectivity index (χ4n) is 2.27. The Kier molecular flexibility index (Phi) is 6.91. The van der Waals surface area contributed by atoms with Crippen LogP contribution in [-0.4, -0.2) is 24.4 Å². The molecule has 2 rings (SSSR count). The van der Waals surface area contributed by atoms with E-state index in [4.69, 9.17) is 27.9 Å². The first kappa shape index (κ1) is 18.6. The number of aliphatic hydroxyl groups is 1. The maximum Gasteiger partial charge on any atom is 0.414 e. The molecule has 0 aromatic heterocycles. The van der Waals surface area contributed by atoms with Crippen molar-refractivity contribution in [1.82, 2.24) is 0 Å². The quantitative estimate of drug-likeness (QED) is 0.774. The minimum absolute atomic E-state index is 0.262. The van der Waals surface area contributed by atoms with Crippen molar-refractivity contribution in [2.75, 3.05) is 18.1 Å². The Bertz CT molecular complexity index is 679. The van der Waals surface area contributed by atoms with E-state index in [0.717, 1.165) is 5.56 Å². The second kappa shape index (κ2) is 8.92. The lowest BCUT2D eigenvalue weighted by Gasteiger charge is -2.23. The molecular weight excluding hydrogens is 349 g/mol. The number of hydrogen-bond acceptors (Lipinski definition) is 3. The highest BCUT2D eigenvalue weighted by Gasteiger charge is 2.19. The number of hydrogen-bond donors (Lipinski definition) is 1. The van der Waals surface area contributed by atoms with Gasteiger partial charge < -0.3 is 9.84 Å². The van der Waals surface area contributed by atoms with Crippen LogP contribution < -0.4 is 4.90 Å². The van der Waals surface area contributed by atoms with E-state index in [-0.39, 0.29) is 13.2 Å². The highest BCUT2D eigenvalue weighted by Crippen LogP contribution is 2.28. The first-order chi connectivity index (χ1) is 11.5. The van der Waals surface area contributed by atoms with E-state index in [2.05, 4.69) is 0 Å². The molecule has 0 spiro atoms. The number of ether oxygens (including phenoxy) is 1. The normalized spacial score (nSPS) is 11.8. The van der Waals surface area contributed by atoms with Crippen LogP contribution in [0.1, 0.15) is 25.0 Å². The molecule has 0 aliphatic carbocycles. The van der Waals surface area contributed by atoms with E-state index in [1.807, 2.05) is 30.3 Å². The van der Waals surface area contributed by atoms with Crippen LogP contribution >= 0.6 is 23.2 Å². The molecule has 2 aromatic carbocycles. The van der Waals surface area contributed by atoms with Gasteiger partial charge in [0, 0.05) is 12.2 Å².